The first-order chi connectivity index (χ1) is 14.0. The molecule has 6 heteroatoms. The van der Waals surface area contributed by atoms with Crippen LogP contribution in [0.4, 0.5) is 5.69 Å². The van der Waals surface area contributed by atoms with Gasteiger partial charge in [-0.2, -0.15) is 0 Å². The lowest BCUT2D eigenvalue weighted by molar-refractivity contribution is 0.0780. The molecule has 0 N–H and O–H groups in total. The van der Waals surface area contributed by atoms with Crippen LogP contribution in [-0.4, -0.2) is 45.7 Å². The van der Waals surface area contributed by atoms with Crippen molar-refractivity contribution in [2.75, 3.05) is 18.5 Å². The number of hydrogen-bond donors (Lipinski definition) is 0. The number of rotatable bonds is 5. The Morgan fingerprint density at radius 2 is 1.93 bits per heavy atom. The number of imidazole rings is 1. The maximum Gasteiger partial charge on any atom is 0.289 e. The van der Waals surface area contributed by atoms with E-state index < -0.39 is 0 Å². The van der Waals surface area contributed by atoms with Crippen molar-refractivity contribution in [2.24, 2.45) is 0 Å². The zero-order valence-electron chi connectivity index (χ0n) is 17.1. The highest BCUT2D eigenvalue weighted by molar-refractivity contribution is 6.11. The van der Waals surface area contributed by atoms with Crippen LogP contribution in [0.2, 0.25) is 0 Å². The fourth-order valence-electron chi connectivity index (χ4n) is 4.00. The number of benzene rings is 1. The van der Waals surface area contributed by atoms with E-state index in [9.17, 15) is 9.59 Å². The van der Waals surface area contributed by atoms with Crippen molar-refractivity contribution in [2.45, 2.75) is 39.2 Å². The van der Waals surface area contributed by atoms with Crippen LogP contribution < -0.4 is 4.90 Å². The lowest BCUT2D eigenvalue weighted by Crippen LogP contribution is -2.36. The van der Waals surface area contributed by atoms with Crippen molar-refractivity contribution in [1.29, 1.82) is 0 Å². The molecule has 0 aliphatic carbocycles. The lowest BCUT2D eigenvalue weighted by atomic mass is 10.1. The first-order valence-corrected chi connectivity index (χ1v) is 10.2. The van der Waals surface area contributed by atoms with E-state index in [0.29, 0.717) is 17.8 Å². The number of hydrogen-bond acceptors (Lipinski definition) is 3. The summed E-state index contributed by atoms with van der Waals surface area (Å²) in [6.07, 6.45) is 4.55. The summed E-state index contributed by atoms with van der Waals surface area (Å²) in [6.45, 7) is 4.80. The summed E-state index contributed by atoms with van der Waals surface area (Å²) in [7, 11) is 1.78. The zero-order valence-corrected chi connectivity index (χ0v) is 17.1. The molecule has 1 aliphatic rings. The average molecular weight is 390 g/mol. The van der Waals surface area contributed by atoms with Gasteiger partial charge in [0.1, 0.15) is 0 Å². The smallest absolute Gasteiger partial charge is 0.289 e. The number of carbonyl (C=O) groups is 2. The molecule has 2 aromatic heterocycles. The van der Waals surface area contributed by atoms with Gasteiger partial charge in [0, 0.05) is 31.5 Å². The third-order valence-electron chi connectivity index (χ3n) is 5.56. The molecule has 1 atom stereocenters. The van der Waals surface area contributed by atoms with Crippen molar-refractivity contribution in [3.05, 3.63) is 65.7 Å². The van der Waals surface area contributed by atoms with Gasteiger partial charge in [-0.05, 0) is 43.5 Å². The van der Waals surface area contributed by atoms with Gasteiger partial charge in [0.2, 0.25) is 5.82 Å². The molecule has 150 valence electrons. The molecule has 1 aromatic carbocycles. The Morgan fingerprint density at radius 3 is 2.72 bits per heavy atom. The van der Waals surface area contributed by atoms with Gasteiger partial charge in [0.25, 0.3) is 11.8 Å². The van der Waals surface area contributed by atoms with Gasteiger partial charge in [-0.15, -0.1) is 0 Å². The Bertz CT molecular complexity index is 1070. The van der Waals surface area contributed by atoms with E-state index in [1.807, 2.05) is 43.3 Å². The first kappa shape index (κ1) is 19.2. The number of para-hydroxylation sites is 1. The standard InChI is InChI=1S/C23H26N4O2/c1-4-5-13-25(3)23(29)21-24-20(19-12-8-9-14-26(19)21)22(28)27-16(2)15-17-10-6-7-11-18(17)27/h6-12,14,16H,4-5,13,15H2,1-3H3. The number of pyridine rings is 1. The van der Waals surface area contributed by atoms with Crippen LogP contribution in [0.3, 0.4) is 0 Å². The van der Waals surface area contributed by atoms with Crippen LogP contribution in [0.1, 0.15) is 53.4 Å². The van der Waals surface area contributed by atoms with Crippen molar-refractivity contribution in [1.82, 2.24) is 14.3 Å². The number of carbonyl (C=O) groups excluding carboxylic acids is 2. The number of unbranched alkanes of at least 4 members (excludes halogenated alkanes) is 1. The van der Waals surface area contributed by atoms with Crippen LogP contribution in [0.15, 0.2) is 48.7 Å². The molecule has 4 rings (SSSR count). The van der Waals surface area contributed by atoms with Gasteiger partial charge in [-0.1, -0.05) is 37.6 Å². The van der Waals surface area contributed by atoms with Crippen LogP contribution >= 0.6 is 0 Å². The van der Waals surface area contributed by atoms with Gasteiger partial charge in [0.05, 0.1) is 5.52 Å². The Kier molecular flexibility index (Phi) is 5.09. The molecule has 6 nitrogen and oxygen atoms in total. The molecule has 0 saturated carbocycles. The zero-order chi connectivity index (χ0) is 20.5. The highest BCUT2D eigenvalue weighted by Crippen LogP contribution is 2.33. The highest BCUT2D eigenvalue weighted by atomic mass is 16.2. The summed E-state index contributed by atoms with van der Waals surface area (Å²) in [5, 5.41) is 0. The summed E-state index contributed by atoms with van der Waals surface area (Å²) < 4.78 is 1.73. The molecule has 3 aromatic rings. The van der Waals surface area contributed by atoms with Crippen LogP contribution in [0.5, 0.6) is 0 Å². The van der Waals surface area contributed by atoms with Gasteiger partial charge in [-0.25, -0.2) is 4.98 Å². The summed E-state index contributed by atoms with van der Waals surface area (Å²) >= 11 is 0. The Hall–Kier alpha value is -3.15. The second-order valence-corrected chi connectivity index (χ2v) is 7.68. The Labute approximate surface area is 170 Å². The third kappa shape index (κ3) is 3.28. The minimum Gasteiger partial charge on any atom is -0.339 e. The maximum atomic E-state index is 13.5. The lowest BCUT2D eigenvalue weighted by Gasteiger charge is -2.21. The van der Waals surface area contributed by atoms with Gasteiger partial charge < -0.3 is 9.80 Å². The Balaban J connectivity index is 1.75. The van der Waals surface area contributed by atoms with E-state index in [1.54, 1.807) is 27.4 Å². The quantitative estimate of drug-likeness (QED) is 0.666. The van der Waals surface area contributed by atoms with Crippen molar-refractivity contribution in [3.8, 4) is 0 Å². The summed E-state index contributed by atoms with van der Waals surface area (Å²) in [5.74, 6) is -0.0577. The molecule has 0 fully saturated rings. The van der Waals surface area contributed by atoms with E-state index in [1.165, 1.54) is 0 Å². The molecular weight excluding hydrogens is 364 g/mol. The minimum atomic E-state index is -0.173. The van der Waals surface area contributed by atoms with E-state index in [4.69, 9.17) is 0 Å². The fourth-order valence-corrected chi connectivity index (χ4v) is 4.00. The molecule has 1 unspecified atom stereocenters. The number of anilines is 1. The topological polar surface area (TPSA) is 57.9 Å². The number of amides is 2. The molecule has 3 heterocycles. The maximum absolute atomic E-state index is 13.5. The number of fused-ring (bicyclic) bond motifs is 2. The first-order valence-electron chi connectivity index (χ1n) is 10.2. The van der Waals surface area contributed by atoms with Gasteiger partial charge in [0.15, 0.2) is 5.69 Å². The molecule has 29 heavy (non-hydrogen) atoms. The molecule has 0 radical (unpaired) electrons. The van der Waals surface area contributed by atoms with Crippen LogP contribution in [0.25, 0.3) is 5.52 Å². The van der Waals surface area contributed by atoms with Crippen LogP contribution in [-0.2, 0) is 6.42 Å². The summed E-state index contributed by atoms with van der Waals surface area (Å²) in [5.41, 5.74) is 3.06. The van der Waals surface area contributed by atoms with Crippen molar-refractivity contribution >= 4 is 23.0 Å². The summed E-state index contributed by atoms with van der Waals surface area (Å²) in [6, 6.07) is 13.6. The molecule has 2 amide bonds. The molecule has 0 saturated heterocycles. The SMILES string of the molecule is CCCCN(C)C(=O)c1nc(C(=O)N2c3ccccc3CC2C)c2ccccn12. The van der Waals surface area contributed by atoms with Crippen LogP contribution in [0, 0.1) is 0 Å². The van der Waals surface area contributed by atoms with E-state index >= 15 is 0 Å². The molecule has 1 aliphatic heterocycles. The van der Waals surface area contributed by atoms with E-state index in [0.717, 1.165) is 30.5 Å². The van der Waals surface area contributed by atoms with E-state index in [2.05, 4.69) is 18.0 Å². The largest absolute Gasteiger partial charge is 0.339 e. The van der Waals surface area contributed by atoms with Crippen molar-refractivity contribution < 1.29 is 9.59 Å². The highest BCUT2D eigenvalue weighted by Gasteiger charge is 2.34. The molecule has 0 bridgehead atoms. The molecular formula is C23H26N4O2. The van der Waals surface area contributed by atoms with Gasteiger partial charge in [-0.3, -0.25) is 14.0 Å². The second-order valence-electron chi connectivity index (χ2n) is 7.68. The summed E-state index contributed by atoms with van der Waals surface area (Å²) in [4.78, 5) is 34.6. The normalized spacial score (nSPS) is 15.6. The predicted octanol–water partition coefficient (Wildman–Crippen LogP) is 3.80. The number of aromatic nitrogens is 2. The fraction of sp³-hybridized carbons (Fsp3) is 0.348. The third-order valence-corrected chi connectivity index (χ3v) is 5.56. The average Bonchev–Trinajstić information content (AvgIpc) is 3.28. The van der Waals surface area contributed by atoms with Crippen molar-refractivity contribution in [3.63, 3.8) is 0 Å². The van der Waals surface area contributed by atoms with Gasteiger partial charge >= 0.3 is 0 Å². The second kappa shape index (κ2) is 7.70. The number of nitrogens with zero attached hydrogens (tertiary/aromatic N) is 4. The monoisotopic (exact) mass is 390 g/mol. The molecule has 0 spiro atoms. The Morgan fingerprint density at radius 1 is 1.17 bits per heavy atom. The minimum absolute atomic E-state index is 0.0479. The van der Waals surface area contributed by atoms with E-state index in [-0.39, 0.29) is 23.7 Å². The predicted molar refractivity (Wildman–Crippen MR) is 113 cm³/mol.